The predicted octanol–water partition coefficient (Wildman–Crippen LogP) is 7.43. The number of nitro groups is 2. The van der Waals surface area contributed by atoms with Crippen molar-refractivity contribution in [2.45, 2.75) is 25.3 Å². The molecule has 0 bridgehead atoms. The van der Waals surface area contributed by atoms with Crippen molar-refractivity contribution in [1.82, 2.24) is 4.98 Å². The van der Waals surface area contributed by atoms with E-state index in [1.54, 1.807) is 24.3 Å². The van der Waals surface area contributed by atoms with E-state index < -0.39 is 4.92 Å². The van der Waals surface area contributed by atoms with E-state index in [4.69, 9.17) is 10.1 Å². The van der Waals surface area contributed by atoms with Crippen molar-refractivity contribution in [2.75, 3.05) is 5.01 Å². The van der Waals surface area contributed by atoms with Gasteiger partial charge in [0, 0.05) is 41.1 Å². The third-order valence-electron chi connectivity index (χ3n) is 7.10. The molecule has 10 heteroatoms. The Kier molecular flexibility index (Phi) is 6.45. The number of hydrogen-bond donors (Lipinski definition) is 0. The molecule has 0 N–H and O–H groups in total. The highest BCUT2D eigenvalue weighted by Gasteiger charge is 2.43. The van der Waals surface area contributed by atoms with Gasteiger partial charge in [-0.05, 0) is 42.0 Å². The molecule has 0 saturated heterocycles. The van der Waals surface area contributed by atoms with E-state index in [1.807, 2.05) is 58.9 Å². The number of benzene rings is 3. The summed E-state index contributed by atoms with van der Waals surface area (Å²) in [6, 6.07) is 23.0. The fraction of sp³-hybridized carbons (Fsp3) is 0.172. The quantitative estimate of drug-likeness (QED) is 0.187. The van der Waals surface area contributed by atoms with Gasteiger partial charge in [-0.25, -0.2) is 9.99 Å². The van der Waals surface area contributed by atoms with E-state index in [9.17, 15) is 20.2 Å². The number of allylic oxidation sites excluding steroid dienone is 1. The first kappa shape index (κ1) is 24.6. The van der Waals surface area contributed by atoms with Gasteiger partial charge in [-0.2, -0.15) is 5.10 Å². The van der Waals surface area contributed by atoms with E-state index in [1.165, 1.54) is 23.5 Å². The van der Waals surface area contributed by atoms with Gasteiger partial charge in [0.15, 0.2) is 0 Å². The number of anilines is 1. The largest absolute Gasteiger partial charge is 0.270 e. The lowest BCUT2D eigenvalue weighted by Gasteiger charge is -2.29. The number of nitrogens with zero attached hydrogens (tertiary/aromatic N) is 5. The number of rotatable bonds is 6. The maximum Gasteiger partial charge on any atom is 0.270 e. The molecule has 3 aromatic carbocycles. The van der Waals surface area contributed by atoms with Crippen molar-refractivity contribution in [3.63, 3.8) is 0 Å². The molecule has 6 rings (SSSR count). The molecule has 39 heavy (non-hydrogen) atoms. The molecule has 2 unspecified atom stereocenters. The molecular formula is C29H23N5O4S. The zero-order chi connectivity index (χ0) is 26.9. The molecule has 194 valence electrons. The van der Waals surface area contributed by atoms with E-state index >= 15 is 0 Å². The number of hydrogen-bond acceptors (Lipinski definition) is 8. The standard InChI is InChI=1S/C29H23N5O4S/c35-33(36)23-12-4-7-19(16-23)15-21-10-6-14-25-27(21)31-32(28(25)22-11-5-13-24(17-22)34(37)38)29-30-26(18-39-29)20-8-2-1-3-9-20/h1-5,7-9,11-13,15-18,25,28H,6,10,14H2. The number of nitro benzene ring substituents is 2. The Labute approximate surface area is 228 Å². The smallest absolute Gasteiger partial charge is 0.258 e. The Bertz CT molecular complexity index is 1630. The predicted molar refractivity (Wildman–Crippen MR) is 152 cm³/mol. The first-order valence-electron chi connectivity index (χ1n) is 12.6. The van der Waals surface area contributed by atoms with E-state index in [0.717, 1.165) is 52.9 Å². The first-order chi connectivity index (χ1) is 19.0. The summed E-state index contributed by atoms with van der Waals surface area (Å²) in [5.74, 6) is -0.00484. The highest BCUT2D eigenvalue weighted by atomic mass is 32.1. The zero-order valence-corrected chi connectivity index (χ0v) is 21.5. The van der Waals surface area contributed by atoms with Crippen LogP contribution >= 0.6 is 11.3 Å². The molecule has 9 nitrogen and oxygen atoms in total. The summed E-state index contributed by atoms with van der Waals surface area (Å²) < 4.78 is 0. The van der Waals surface area contributed by atoms with Crippen LogP contribution in [-0.2, 0) is 0 Å². The van der Waals surface area contributed by atoms with Crippen molar-refractivity contribution in [1.29, 1.82) is 0 Å². The monoisotopic (exact) mass is 537 g/mol. The number of hydrazone groups is 1. The molecule has 4 aromatic rings. The normalized spacial score (nSPS) is 19.5. The Morgan fingerprint density at radius 1 is 0.923 bits per heavy atom. The highest BCUT2D eigenvalue weighted by Crippen LogP contribution is 2.47. The van der Waals surface area contributed by atoms with Gasteiger partial charge in [0.2, 0.25) is 5.13 Å². The minimum absolute atomic E-state index is 0.00484. The van der Waals surface area contributed by atoms with E-state index in [2.05, 4.69) is 0 Å². The van der Waals surface area contributed by atoms with Crippen LogP contribution in [0.25, 0.3) is 17.3 Å². The molecular weight excluding hydrogens is 514 g/mol. The van der Waals surface area contributed by atoms with Crippen LogP contribution in [0.4, 0.5) is 16.5 Å². The van der Waals surface area contributed by atoms with Gasteiger partial charge >= 0.3 is 0 Å². The average molecular weight is 538 g/mol. The first-order valence-corrected chi connectivity index (χ1v) is 13.4. The highest BCUT2D eigenvalue weighted by molar-refractivity contribution is 7.14. The Balaban J connectivity index is 1.44. The van der Waals surface area contributed by atoms with Crippen LogP contribution in [0.3, 0.4) is 0 Å². The molecule has 2 atom stereocenters. The van der Waals surface area contributed by atoms with Gasteiger partial charge in [0.1, 0.15) is 0 Å². The molecule has 1 aromatic heterocycles. The van der Waals surface area contributed by atoms with Crippen LogP contribution in [0.5, 0.6) is 0 Å². The molecule has 2 aliphatic rings. The molecule has 1 aliphatic carbocycles. The van der Waals surface area contributed by atoms with Crippen LogP contribution in [0.15, 0.2) is 94.9 Å². The fourth-order valence-electron chi connectivity index (χ4n) is 5.35. The second kappa shape index (κ2) is 10.2. The lowest BCUT2D eigenvalue weighted by atomic mass is 9.77. The molecule has 2 heterocycles. The topological polar surface area (TPSA) is 115 Å². The molecule has 0 amide bonds. The third kappa shape index (κ3) is 4.82. The number of aromatic nitrogens is 1. The van der Waals surface area contributed by atoms with Crippen molar-refractivity contribution in [3.8, 4) is 11.3 Å². The summed E-state index contributed by atoms with van der Waals surface area (Å²) >= 11 is 1.49. The third-order valence-corrected chi connectivity index (χ3v) is 7.93. The van der Waals surface area contributed by atoms with Gasteiger partial charge in [-0.1, -0.05) is 54.6 Å². The summed E-state index contributed by atoms with van der Waals surface area (Å²) in [6.07, 6.45) is 4.55. The van der Waals surface area contributed by atoms with Crippen LogP contribution in [-0.4, -0.2) is 20.5 Å². The average Bonchev–Trinajstić information content (AvgIpc) is 3.60. The van der Waals surface area contributed by atoms with E-state index in [-0.39, 0.29) is 28.3 Å². The van der Waals surface area contributed by atoms with Crippen molar-refractivity contribution in [3.05, 3.63) is 121 Å². The summed E-state index contributed by atoms with van der Waals surface area (Å²) in [6.45, 7) is 0. The molecule has 1 saturated carbocycles. The summed E-state index contributed by atoms with van der Waals surface area (Å²) in [4.78, 5) is 27.0. The van der Waals surface area contributed by atoms with Gasteiger partial charge in [-0.3, -0.25) is 20.2 Å². The minimum atomic E-state index is -0.397. The SMILES string of the molecule is O=[N+]([O-])c1cccc(C=C2CCCC3C2=NN(c2nc(-c4ccccc4)cs2)C3c2cccc([N+](=O)[O-])c2)c1. The lowest BCUT2D eigenvalue weighted by Crippen LogP contribution is -2.28. The van der Waals surface area contributed by atoms with Gasteiger partial charge in [0.05, 0.1) is 27.3 Å². The van der Waals surface area contributed by atoms with Crippen molar-refractivity contribution in [2.24, 2.45) is 11.0 Å². The maximum atomic E-state index is 11.6. The van der Waals surface area contributed by atoms with Crippen LogP contribution in [0.2, 0.25) is 0 Å². The second-order valence-electron chi connectivity index (χ2n) is 9.53. The number of non-ortho nitro benzene ring substituents is 2. The van der Waals surface area contributed by atoms with Crippen molar-refractivity contribution >= 4 is 39.6 Å². The lowest BCUT2D eigenvalue weighted by molar-refractivity contribution is -0.385. The summed E-state index contributed by atoms with van der Waals surface area (Å²) in [5.41, 5.74) is 5.39. The Morgan fingerprint density at radius 3 is 2.44 bits per heavy atom. The summed E-state index contributed by atoms with van der Waals surface area (Å²) in [5, 5.41) is 32.6. The van der Waals surface area contributed by atoms with Crippen LogP contribution < -0.4 is 5.01 Å². The van der Waals surface area contributed by atoms with Crippen LogP contribution in [0.1, 0.15) is 36.4 Å². The maximum absolute atomic E-state index is 11.6. The molecule has 0 spiro atoms. The molecule has 1 fully saturated rings. The second-order valence-corrected chi connectivity index (χ2v) is 10.4. The Morgan fingerprint density at radius 2 is 1.67 bits per heavy atom. The van der Waals surface area contributed by atoms with Crippen LogP contribution in [0, 0.1) is 26.1 Å². The minimum Gasteiger partial charge on any atom is -0.258 e. The van der Waals surface area contributed by atoms with Gasteiger partial charge < -0.3 is 0 Å². The Hall–Kier alpha value is -4.70. The summed E-state index contributed by atoms with van der Waals surface area (Å²) in [7, 11) is 0. The molecule has 0 radical (unpaired) electrons. The van der Waals surface area contributed by atoms with Gasteiger partial charge in [-0.15, -0.1) is 11.3 Å². The molecule has 1 aliphatic heterocycles. The fourth-order valence-corrected chi connectivity index (χ4v) is 6.17. The zero-order valence-electron chi connectivity index (χ0n) is 20.7. The van der Waals surface area contributed by atoms with E-state index in [0.29, 0.717) is 5.13 Å². The van der Waals surface area contributed by atoms with Gasteiger partial charge in [0.25, 0.3) is 11.4 Å². The number of thiazole rings is 1. The number of fused-ring (bicyclic) bond motifs is 1. The van der Waals surface area contributed by atoms with Crippen molar-refractivity contribution < 1.29 is 9.85 Å².